The highest BCUT2D eigenvalue weighted by molar-refractivity contribution is 6.74. The van der Waals surface area contributed by atoms with Crippen molar-refractivity contribution in [2.75, 3.05) is 7.11 Å². The number of rotatable bonds is 4. The third-order valence-corrected chi connectivity index (χ3v) is 8.82. The minimum Gasteiger partial charge on any atom is -0.468 e. The van der Waals surface area contributed by atoms with Gasteiger partial charge >= 0.3 is 5.97 Å². The normalized spacial score (nSPS) is 24.1. The maximum atomic E-state index is 11.7. The molecule has 2 unspecified atom stereocenters. The first-order valence-corrected chi connectivity index (χ1v) is 9.89. The Bertz CT molecular complexity index is 465. The molecule has 118 valence electrons. The molecule has 0 aromatic heterocycles. The van der Waals surface area contributed by atoms with Crippen LogP contribution in [0.4, 0.5) is 0 Å². The fraction of sp³-hybridized carbons (Fsp3) is 0.786. The van der Waals surface area contributed by atoms with E-state index in [1.807, 2.05) is 6.07 Å². The molecule has 0 radical (unpaired) electrons. The predicted molar refractivity (Wildman–Crippen MR) is 79.7 cm³/mol. The average Bonchev–Trinajstić information content (AvgIpc) is 2.68. The van der Waals surface area contributed by atoms with Crippen molar-refractivity contribution in [3.05, 3.63) is 0 Å². The monoisotopic (exact) mass is 312 g/mol. The van der Waals surface area contributed by atoms with Crippen molar-refractivity contribution >= 4 is 20.2 Å². The van der Waals surface area contributed by atoms with Crippen LogP contribution in [0.25, 0.3) is 0 Å². The number of nitrogens with zero attached hydrogens (tertiary/aromatic N) is 1. The van der Waals surface area contributed by atoms with E-state index < -0.39 is 32.4 Å². The van der Waals surface area contributed by atoms with Crippen LogP contribution in [0.3, 0.4) is 0 Å². The molecule has 0 aliphatic carbocycles. The molecule has 0 spiro atoms. The lowest BCUT2D eigenvalue weighted by Crippen LogP contribution is -2.50. The average molecular weight is 312 g/mol. The van der Waals surface area contributed by atoms with E-state index in [4.69, 9.17) is 4.43 Å². The summed E-state index contributed by atoms with van der Waals surface area (Å²) >= 11 is 0. The fourth-order valence-corrected chi connectivity index (χ4v) is 3.36. The van der Waals surface area contributed by atoms with Crippen molar-refractivity contribution in [3.8, 4) is 6.07 Å². The van der Waals surface area contributed by atoms with Gasteiger partial charge in [-0.3, -0.25) is 9.59 Å². The molecular formula is C14H24N2O4Si. The molecular weight excluding hydrogens is 288 g/mol. The molecule has 0 saturated carbocycles. The number of nitriles is 1. The fourth-order valence-electron chi connectivity index (χ4n) is 2.02. The molecule has 3 atom stereocenters. The van der Waals surface area contributed by atoms with Gasteiger partial charge in [0.25, 0.3) is 0 Å². The number of carbonyl (C=O) groups excluding carboxylic acids is 2. The summed E-state index contributed by atoms with van der Waals surface area (Å²) in [6, 6.07) is 1.27. The maximum absolute atomic E-state index is 11.7. The van der Waals surface area contributed by atoms with Gasteiger partial charge in [0, 0.05) is 0 Å². The van der Waals surface area contributed by atoms with Crippen LogP contribution in [0.15, 0.2) is 0 Å². The summed E-state index contributed by atoms with van der Waals surface area (Å²) < 4.78 is 10.9. The number of ether oxygens (including phenoxy) is 1. The van der Waals surface area contributed by atoms with Gasteiger partial charge in [-0.15, -0.1) is 0 Å². The molecule has 1 fully saturated rings. The van der Waals surface area contributed by atoms with Crippen LogP contribution < -0.4 is 5.32 Å². The van der Waals surface area contributed by atoms with Gasteiger partial charge in [-0.1, -0.05) is 20.8 Å². The third kappa shape index (κ3) is 3.83. The Kier molecular flexibility index (Phi) is 5.18. The summed E-state index contributed by atoms with van der Waals surface area (Å²) in [5.41, 5.74) is 0. The first kappa shape index (κ1) is 17.7. The Morgan fingerprint density at radius 1 is 1.48 bits per heavy atom. The minimum atomic E-state index is -2.10. The second-order valence-corrected chi connectivity index (χ2v) is 11.6. The largest absolute Gasteiger partial charge is 0.468 e. The standard InChI is InChI=1S/C14H24N2O4Si/c1-14(2,3)21(5,6)20-10-7-11(17)16-12(10)9(8-15)13(18)19-4/h9-10,12H,7H2,1-6H3,(H,16,17)/t9?,10-,12?/m1/s1. The van der Waals surface area contributed by atoms with Gasteiger partial charge in [0.1, 0.15) is 0 Å². The van der Waals surface area contributed by atoms with E-state index >= 15 is 0 Å². The zero-order chi connectivity index (χ0) is 16.4. The Morgan fingerprint density at radius 2 is 2.05 bits per heavy atom. The van der Waals surface area contributed by atoms with Gasteiger partial charge < -0.3 is 14.5 Å². The molecule has 21 heavy (non-hydrogen) atoms. The van der Waals surface area contributed by atoms with Gasteiger partial charge in [0.05, 0.1) is 31.7 Å². The summed E-state index contributed by atoms with van der Waals surface area (Å²) in [6.45, 7) is 10.4. The molecule has 1 saturated heterocycles. The first-order chi connectivity index (χ1) is 9.53. The van der Waals surface area contributed by atoms with E-state index in [1.165, 1.54) is 7.11 Å². The van der Waals surface area contributed by atoms with Crippen LogP contribution in [0, 0.1) is 17.2 Å². The minimum absolute atomic E-state index is 0.0173. The van der Waals surface area contributed by atoms with Crippen molar-refractivity contribution in [2.45, 2.75) is 57.5 Å². The third-order valence-electron chi connectivity index (χ3n) is 4.32. The molecule has 0 bridgehead atoms. The van der Waals surface area contributed by atoms with Crippen LogP contribution >= 0.6 is 0 Å². The predicted octanol–water partition coefficient (Wildman–Crippen LogP) is 1.58. The topological polar surface area (TPSA) is 88.4 Å². The zero-order valence-corrected chi connectivity index (χ0v) is 14.5. The summed E-state index contributed by atoms with van der Waals surface area (Å²) in [5.74, 6) is -1.89. The number of hydrogen-bond acceptors (Lipinski definition) is 5. The smallest absolute Gasteiger partial charge is 0.325 e. The maximum Gasteiger partial charge on any atom is 0.325 e. The molecule has 7 heteroatoms. The Labute approximate surface area is 126 Å². The lowest BCUT2D eigenvalue weighted by molar-refractivity contribution is -0.144. The second kappa shape index (κ2) is 6.16. The van der Waals surface area contributed by atoms with Gasteiger partial charge in [-0.25, -0.2) is 0 Å². The summed E-state index contributed by atoms with van der Waals surface area (Å²) in [5, 5.41) is 11.9. The van der Waals surface area contributed by atoms with Crippen molar-refractivity contribution in [3.63, 3.8) is 0 Å². The number of nitrogens with one attached hydrogen (secondary N) is 1. The van der Waals surface area contributed by atoms with E-state index in [1.54, 1.807) is 0 Å². The molecule has 1 rings (SSSR count). The quantitative estimate of drug-likeness (QED) is 0.629. The Morgan fingerprint density at radius 3 is 2.48 bits per heavy atom. The highest BCUT2D eigenvalue weighted by atomic mass is 28.4. The number of amides is 1. The number of methoxy groups -OCH3 is 1. The van der Waals surface area contributed by atoms with E-state index in [-0.39, 0.29) is 17.4 Å². The SMILES string of the molecule is COC(=O)C(C#N)C1NC(=O)C[C@H]1O[Si](C)(C)C(C)(C)C. The van der Waals surface area contributed by atoms with Gasteiger partial charge in [-0.05, 0) is 18.1 Å². The Balaban J connectivity index is 2.97. The Hall–Kier alpha value is -1.39. The van der Waals surface area contributed by atoms with E-state index in [0.717, 1.165) is 0 Å². The van der Waals surface area contributed by atoms with Crippen LogP contribution in [0.5, 0.6) is 0 Å². The molecule has 0 aromatic carbocycles. The van der Waals surface area contributed by atoms with E-state index in [0.29, 0.717) is 0 Å². The van der Waals surface area contributed by atoms with Crippen molar-refractivity contribution < 1.29 is 18.8 Å². The molecule has 0 aromatic rings. The number of carbonyl (C=O) groups is 2. The van der Waals surface area contributed by atoms with Gasteiger partial charge in [-0.2, -0.15) is 5.26 Å². The highest BCUT2D eigenvalue weighted by Crippen LogP contribution is 2.39. The summed E-state index contributed by atoms with van der Waals surface area (Å²) in [7, 11) is -0.869. The van der Waals surface area contributed by atoms with E-state index in [2.05, 4.69) is 43.9 Å². The van der Waals surface area contributed by atoms with Gasteiger partial charge in [0.2, 0.25) is 5.91 Å². The number of esters is 1. The van der Waals surface area contributed by atoms with Crippen molar-refractivity contribution in [1.29, 1.82) is 5.26 Å². The van der Waals surface area contributed by atoms with Crippen LogP contribution in [0.2, 0.25) is 18.1 Å². The molecule has 6 nitrogen and oxygen atoms in total. The van der Waals surface area contributed by atoms with Crippen LogP contribution in [-0.2, 0) is 18.8 Å². The summed E-state index contributed by atoms with van der Waals surface area (Å²) in [6.07, 6.45) is -0.297. The highest BCUT2D eigenvalue weighted by Gasteiger charge is 2.47. The number of hydrogen-bond donors (Lipinski definition) is 1. The summed E-state index contributed by atoms with van der Waals surface area (Å²) in [4.78, 5) is 23.4. The van der Waals surface area contributed by atoms with Crippen LogP contribution in [-0.4, -0.2) is 39.4 Å². The van der Waals surface area contributed by atoms with Gasteiger partial charge in [0.15, 0.2) is 14.2 Å². The lowest BCUT2D eigenvalue weighted by atomic mass is 9.98. The van der Waals surface area contributed by atoms with Crippen molar-refractivity contribution in [1.82, 2.24) is 5.32 Å². The van der Waals surface area contributed by atoms with Crippen LogP contribution in [0.1, 0.15) is 27.2 Å². The molecule has 1 aliphatic rings. The molecule has 1 heterocycles. The zero-order valence-electron chi connectivity index (χ0n) is 13.5. The van der Waals surface area contributed by atoms with Crippen molar-refractivity contribution in [2.24, 2.45) is 5.92 Å². The van der Waals surface area contributed by atoms with E-state index in [9.17, 15) is 14.9 Å². The second-order valence-electron chi connectivity index (χ2n) is 6.84. The molecule has 1 N–H and O–H groups in total. The molecule has 1 aliphatic heterocycles. The lowest BCUT2D eigenvalue weighted by Gasteiger charge is -2.39. The molecule has 1 amide bonds. The first-order valence-electron chi connectivity index (χ1n) is 6.98.